The van der Waals surface area contributed by atoms with Gasteiger partial charge in [-0.05, 0) is 57.7 Å². The molecule has 0 radical (unpaired) electrons. The van der Waals surface area contributed by atoms with Crippen molar-refractivity contribution >= 4 is 5.91 Å². The fourth-order valence-corrected chi connectivity index (χ4v) is 3.24. The van der Waals surface area contributed by atoms with E-state index in [0.29, 0.717) is 0 Å². The van der Waals surface area contributed by atoms with E-state index in [1.54, 1.807) is 0 Å². The summed E-state index contributed by atoms with van der Waals surface area (Å²) in [5.41, 5.74) is 1.30. The summed E-state index contributed by atoms with van der Waals surface area (Å²) in [5.74, 6) is 0.388. The molecular formula is C19H30N2O. The third-order valence-corrected chi connectivity index (χ3v) is 4.76. The molecule has 0 aromatic heterocycles. The molecule has 1 saturated heterocycles. The monoisotopic (exact) mass is 302 g/mol. The van der Waals surface area contributed by atoms with Crippen LogP contribution in [0.1, 0.15) is 51.5 Å². The zero-order valence-electron chi connectivity index (χ0n) is 14.0. The van der Waals surface area contributed by atoms with E-state index in [1.165, 1.54) is 5.56 Å². The van der Waals surface area contributed by atoms with Crippen molar-refractivity contribution in [2.24, 2.45) is 5.92 Å². The van der Waals surface area contributed by atoms with Gasteiger partial charge in [0, 0.05) is 11.5 Å². The Hall–Kier alpha value is -1.35. The van der Waals surface area contributed by atoms with Gasteiger partial charge >= 0.3 is 0 Å². The van der Waals surface area contributed by atoms with Gasteiger partial charge in [0.25, 0.3) is 0 Å². The maximum absolute atomic E-state index is 12.7. The van der Waals surface area contributed by atoms with Crippen molar-refractivity contribution < 1.29 is 4.79 Å². The second-order valence-corrected chi connectivity index (χ2v) is 6.81. The van der Waals surface area contributed by atoms with Crippen LogP contribution in [-0.4, -0.2) is 24.5 Å². The lowest BCUT2D eigenvalue weighted by atomic mass is 9.88. The van der Waals surface area contributed by atoms with Crippen LogP contribution in [0.3, 0.4) is 0 Å². The molecule has 1 aromatic carbocycles. The summed E-state index contributed by atoms with van der Waals surface area (Å²) < 4.78 is 0. The van der Waals surface area contributed by atoms with E-state index in [-0.39, 0.29) is 17.4 Å². The van der Waals surface area contributed by atoms with Gasteiger partial charge in [-0.2, -0.15) is 0 Å². The number of aryl methyl sites for hydroxylation is 1. The number of benzene rings is 1. The van der Waals surface area contributed by atoms with E-state index in [2.05, 4.69) is 48.7 Å². The largest absolute Gasteiger partial charge is 0.351 e. The molecule has 0 bridgehead atoms. The number of nitrogens with one attached hydrogen (secondary N) is 2. The number of carbonyl (C=O) groups excluding carboxylic acids is 1. The van der Waals surface area contributed by atoms with E-state index < -0.39 is 0 Å². The Morgan fingerprint density at radius 1 is 1.23 bits per heavy atom. The molecule has 2 N–H and O–H groups in total. The minimum absolute atomic E-state index is 0.0267. The van der Waals surface area contributed by atoms with Gasteiger partial charge < -0.3 is 10.6 Å². The highest BCUT2D eigenvalue weighted by molar-refractivity contribution is 5.79. The Labute approximate surface area is 134 Å². The topological polar surface area (TPSA) is 41.1 Å². The van der Waals surface area contributed by atoms with Crippen LogP contribution in [0.15, 0.2) is 30.3 Å². The van der Waals surface area contributed by atoms with E-state index in [4.69, 9.17) is 0 Å². The first-order chi connectivity index (χ1) is 10.6. The molecular weight excluding hydrogens is 272 g/mol. The second kappa shape index (κ2) is 8.33. The van der Waals surface area contributed by atoms with Crippen molar-refractivity contribution in [1.82, 2.24) is 10.6 Å². The molecule has 0 spiro atoms. The molecule has 3 nitrogen and oxygen atoms in total. The molecule has 0 aliphatic carbocycles. The normalized spacial score (nSPS) is 18.6. The third-order valence-electron chi connectivity index (χ3n) is 4.76. The summed E-state index contributed by atoms with van der Waals surface area (Å²) in [6.07, 6.45) is 6.01. The van der Waals surface area contributed by atoms with Gasteiger partial charge in [0.1, 0.15) is 0 Å². The summed E-state index contributed by atoms with van der Waals surface area (Å²) in [7, 11) is 0. The number of hydrogen-bond acceptors (Lipinski definition) is 2. The van der Waals surface area contributed by atoms with Crippen LogP contribution < -0.4 is 10.6 Å². The summed E-state index contributed by atoms with van der Waals surface area (Å²) in [4.78, 5) is 12.7. The number of hydrogen-bond donors (Lipinski definition) is 2. The highest BCUT2D eigenvalue weighted by Crippen LogP contribution is 2.21. The Balaban J connectivity index is 1.90. The Bertz CT molecular complexity index is 452. The number of carbonyl (C=O) groups is 1. The highest BCUT2D eigenvalue weighted by atomic mass is 16.2. The summed E-state index contributed by atoms with van der Waals surface area (Å²) in [6, 6.07) is 10.5. The van der Waals surface area contributed by atoms with Crippen LogP contribution in [-0.2, 0) is 11.2 Å². The average Bonchev–Trinajstić information content (AvgIpc) is 2.52. The van der Waals surface area contributed by atoms with Crippen molar-refractivity contribution in [2.45, 2.75) is 57.9 Å². The summed E-state index contributed by atoms with van der Waals surface area (Å²) in [5, 5.41) is 6.70. The van der Waals surface area contributed by atoms with Gasteiger partial charge in [-0.15, -0.1) is 0 Å². The van der Waals surface area contributed by atoms with Gasteiger partial charge in [0.2, 0.25) is 5.91 Å². The quantitative estimate of drug-likeness (QED) is 0.811. The molecule has 1 aliphatic heterocycles. The van der Waals surface area contributed by atoms with Crippen molar-refractivity contribution in [1.29, 1.82) is 0 Å². The molecule has 2 rings (SSSR count). The summed E-state index contributed by atoms with van der Waals surface area (Å²) in [6.45, 7) is 6.35. The molecule has 1 aromatic rings. The highest BCUT2D eigenvalue weighted by Gasteiger charge is 2.30. The predicted molar refractivity (Wildman–Crippen MR) is 91.8 cm³/mol. The van der Waals surface area contributed by atoms with Gasteiger partial charge in [-0.3, -0.25) is 4.79 Å². The molecule has 1 atom stereocenters. The Morgan fingerprint density at radius 3 is 2.55 bits per heavy atom. The fourth-order valence-electron chi connectivity index (χ4n) is 3.24. The van der Waals surface area contributed by atoms with E-state index in [1.807, 2.05) is 6.07 Å². The second-order valence-electron chi connectivity index (χ2n) is 6.81. The third kappa shape index (κ3) is 5.13. The first-order valence-electron chi connectivity index (χ1n) is 8.69. The van der Waals surface area contributed by atoms with Crippen LogP contribution in [0.25, 0.3) is 0 Å². The number of rotatable bonds is 7. The first kappa shape index (κ1) is 17.0. The minimum atomic E-state index is -0.0267. The lowest BCUT2D eigenvalue weighted by Gasteiger charge is -2.36. The van der Waals surface area contributed by atoms with E-state index in [9.17, 15) is 4.79 Å². The summed E-state index contributed by atoms with van der Waals surface area (Å²) >= 11 is 0. The standard InChI is InChI=1S/C19H30N2O/c1-3-7-17(11-10-16-8-5-4-6-9-16)18(22)21-19(2)12-14-20-15-13-19/h4-6,8-9,17,20H,3,7,10-15H2,1-2H3,(H,21,22). The molecule has 1 fully saturated rings. The first-order valence-corrected chi connectivity index (χ1v) is 8.69. The molecule has 1 heterocycles. The predicted octanol–water partition coefficient (Wildman–Crippen LogP) is 3.29. The lowest BCUT2D eigenvalue weighted by Crippen LogP contribution is -2.53. The molecule has 1 amide bonds. The smallest absolute Gasteiger partial charge is 0.223 e. The van der Waals surface area contributed by atoms with Crippen molar-refractivity contribution in [3.05, 3.63) is 35.9 Å². The van der Waals surface area contributed by atoms with Crippen LogP contribution >= 0.6 is 0 Å². The minimum Gasteiger partial charge on any atom is -0.351 e. The molecule has 122 valence electrons. The molecule has 0 saturated carbocycles. The van der Waals surface area contributed by atoms with Gasteiger partial charge in [-0.1, -0.05) is 43.7 Å². The van der Waals surface area contributed by atoms with Crippen LogP contribution in [0, 0.1) is 5.92 Å². The lowest BCUT2D eigenvalue weighted by molar-refractivity contribution is -0.127. The fraction of sp³-hybridized carbons (Fsp3) is 0.632. The van der Waals surface area contributed by atoms with Crippen molar-refractivity contribution in [3.8, 4) is 0 Å². The van der Waals surface area contributed by atoms with Crippen LogP contribution in [0.5, 0.6) is 0 Å². The number of amides is 1. The van der Waals surface area contributed by atoms with Gasteiger partial charge in [0.05, 0.1) is 0 Å². The van der Waals surface area contributed by atoms with Gasteiger partial charge in [-0.25, -0.2) is 0 Å². The van der Waals surface area contributed by atoms with Crippen LogP contribution in [0.2, 0.25) is 0 Å². The SMILES string of the molecule is CCCC(CCc1ccccc1)C(=O)NC1(C)CCNCC1. The van der Waals surface area contributed by atoms with Crippen molar-refractivity contribution in [3.63, 3.8) is 0 Å². The Morgan fingerprint density at radius 2 is 1.91 bits per heavy atom. The Kier molecular flexibility index (Phi) is 6.44. The zero-order valence-corrected chi connectivity index (χ0v) is 14.0. The van der Waals surface area contributed by atoms with E-state index >= 15 is 0 Å². The molecule has 1 aliphatic rings. The maximum atomic E-state index is 12.7. The van der Waals surface area contributed by atoms with Crippen molar-refractivity contribution in [2.75, 3.05) is 13.1 Å². The zero-order chi connectivity index (χ0) is 15.8. The molecule has 22 heavy (non-hydrogen) atoms. The maximum Gasteiger partial charge on any atom is 0.223 e. The number of piperidine rings is 1. The van der Waals surface area contributed by atoms with Gasteiger partial charge in [0.15, 0.2) is 0 Å². The average molecular weight is 302 g/mol. The molecule has 3 heteroatoms. The molecule has 1 unspecified atom stereocenters. The van der Waals surface area contributed by atoms with E-state index in [0.717, 1.165) is 51.6 Å². The van der Waals surface area contributed by atoms with Crippen LogP contribution in [0.4, 0.5) is 0 Å².